The molecule has 0 aromatic heterocycles. The average Bonchev–Trinajstić information content (AvgIpc) is 2.40. The lowest BCUT2D eigenvalue weighted by molar-refractivity contribution is -0.384. The van der Waals surface area contributed by atoms with Crippen LogP contribution >= 0.6 is 0 Å². The molecular formula is C13H17N3O3. The topological polar surface area (TPSA) is 75.5 Å². The van der Waals surface area contributed by atoms with Crippen molar-refractivity contribution in [1.82, 2.24) is 4.90 Å². The van der Waals surface area contributed by atoms with Crippen LogP contribution in [0.2, 0.25) is 0 Å². The van der Waals surface area contributed by atoms with E-state index in [4.69, 9.17) is 0 Å². The van der Waals surface area contributed by atoms with Crippen molar-refractivity contribution in [2.75, 3.05) is 18.4 Å². The number of nitrogens with zero attached hydrogens (tertiary/aromatic N) is 2. The number of nitro benzene ring substituents is 1. The van der Waals surface area contributed by atoms with Gasteiger partial charge in [-0.05, 0) is 25.0 Å². The summed E-state index contributed by atoms with van der Waals surface area (Å²) < 4.78 is 0. The Morgan fingerprint density at radius 3 is 2.37 bits per heavy atom. The summed E-state index contributed by atoms with van der Waals surface area (Å²) in [5.74, 6) is 0.119. The second kappa shape index (κ2) is 5.69. The summed E-state index contributed by atoms with van der Waals surface area (Å²) in [7, 11) is 0. The molecule has 0 unspecified atom stereocenters. The Hall–Kier alpha value is -2.11. The van der Waals surface area contributed by atoms with E-state index >= 15 is 0 Å². The van der Waals surface area contributed by atoms with Gasteiger partial charge < -0.3 is 10.2 Å². The van der Waals surface area contributed by atoms with Crippen LogP contribution in [0, 0.1) is 10.1 Å². The van der Waals surface area contributed by atoms with Gasteiger partial charge in [-0.15, -0.1) is 0 Å². The van der Waals surface area contributed by atoms with Crippen LogP contribution in [0.15, 0.2) is 24.3 Å². The van der Waals surface area contributed by atoms with E-state index in [2.05, 4.69) is 5.32 Å². The van der Waals surface area contributed by atoms with Gasteiger partial charge in [0.25, 0.3) is 5.69 Å². The Labute approximate surface area is 111 Å². The monoisotopic (exact) mass is 263 g/mol. The highest BCUT2D eigenvalue weighted by Gasteiger charge is 2.20. The van der Waals surface area contributed by atoms with Crippen molar-refractivity contribution >= 4 is 17.3 Å². The lowest BCUT2D eigenvalue weighted by Crippen LogP contribution is -2.41. The van der Waals surface area contributed by atoms with Gasteiger partial charge in [0.05, 0.1) is 4.92 Å². The molecule has 1 N–H and O–H groups in total. The SMILES string of the molecule is CC(=O)N1CCC(Nc2ccc([N+](=O)[O-])cc2)CC1. The van der Waals surface area contributed by atoms with E-state index < -0.39 is 4.92 Å². The quantitative estimate of drug-likeness (QED) is 0.668. The lowest BCUT2D eigenvalue weighted by Gasteiger charge is -2.32. The molecule has 0 aliphatic carbocycles. The van der Waals surface area contributed by atoms with Crippen LogP contribution in [0.1, 0.15) is 19.8 Å². The second-order valence-corrected chi connectivity index (χ2v) is 4.73. The summed E-state index contributed by atoms with van der Waals surface area (Å²) in [6.07, 6.45) is 1.80. The van der Waals surface area contributed by atoms with E-state index in [1.807, 2.05) is 4.90 Å². The minimum atomic E-state index is -0.408. The van der Waals surface area contributed by atoms with E-state index in [1.54, 1.807) is 19.1 Å². The highest BCUT2D eigenvalue weighted by atomic mass is 16.6. The van der Waals surface area contributed by atoms with Gasteiger partial charge in [-0.1, -0.05) is 0 Å². The first-order valence-corrected chi connectivity index (χ1v) is 6.33. The van der Waals surface area contributed by atoms with Crippen LogP contribution in [0.25, 0.3) is 0 Å². The zero-order valence-corrected chi connectivity index (χ0v) is 10.8. The summed E-state index contributed by atoms with van der Waals surface area (Å²) in [6.45, 7) is 3.12. The fourth-order valence-electron chi connectivity index (χ4n) is 2.25. The number of nitro groups is 1. The van der Waals surface area contributed by atoms with Gasteiger partial charge in [-0.2, -0.15) is 0 Å². The van der Waals surface area contributed by atoms with E-state index in [0.717, 1.165) is 31.6 Å². The fraction of sp³-hybridized carbons (Fsp3) is 0.462. The number of benzene rings is 1. The molecule has 6 heteroatoms. The number of nitrogens with one attached hydrogen (secondary N) is 1. The number of amides is 1. The molecule has 1 aliphatic heterocycles. The van der Waals surface area contributed by atoms with Crippen molar-refractivity contribution in [3.8, 4) is 0 Å². The van der Waals surface area contributed by atoms with Crippen LogP contribution in [-0.4, -0.2) is 34.9 Å². The first-order valence-electron chi connectivity index (χ1n) is 6.33. The van der Waals surface area contributed by atoms with Crippen molar-refractivity contribution < 1.29 is 9.72 Å². The summed E-state index contributed by atoms with van der Waals surface area (Å²) >= 11 is 0. The van der Waals surface area contributed by atoms with Crippen LogP contribution in [0.5, 0.6) is 0 Å². The van der Waals surface area contributed by atoms with Crippen molar-refractivity contribution in [3.05, 3.63) is 34.4 Å². The Morgan fingerprint density at radius 1 is 1.32 bits per heavy atom. The van der Waals surface area contributed by atoms with Gasteiger partial charge in [-0.25, -0.2) is 0 Å². The Morgan fingerprint density at radius 2 is 1.89 bits per heavy atom. The summed E-state index contributed by atoms with van der Waals surface area (Å²) in [6, 6.07) is 6.74. The van der Waals surface area contributed by atoms with Gasteiger partial charge in [0.1, 0.15) is 0 Å². The smallest absolute Gasteiger partial charge is 0.269 e. The molecule has 102 valence electrons. The molecule has 1 saturated heterocycles. The normalized spacial score (nSPS) is 16.2. The number of hydrogen-bond donors (Lipinski definition) is 1. The van der Waals surface area contributed by atoms with Crippen molar-refractivity contribution in [1.29, 1.82) is 0 Å². The predicted molar refractivity (Wildman–Crippen MR) is 72.0 cm³/mol. The number of anilines is 1. The van der Waals surface area contributed by atoms with Gasteiger partial charge in [-0.3, -0.25) is 14.9 Å². The molecule has 0 radical (unpaired) electrons. The maximum atomic E-state index is 11.2. The van der Waals surface area contributed by atoms with Gasteiger partial charge in [0.2, 0.25) is 5.91 Å². The molecule has 0 atom stereocenters. The molecule has 1 fully saturated rings. The lowest BCUT2D eigenvalue weighted by atomic mass is 10.0. The number of rotatable bonds is 3. The van der Waals surface area contributed by atoms with E-state index in [0.29, 0.717) is 6.04 Å². The summed E-state index contributed by atoms with van der Waals surface area (Å²) in [5, 5.41) is 13.9. The highest BCUT2D eigenvalue weighted by molar-refractivity contribution is 5.73. The minimum Gasteiger partial charge on any atom is -0.382 e. The third-order valence-electron chi connectivity index (χ3n) is 3.39. The van der Waals surface area contributed by atoms with Gasteiger partial charge in [0.15, 0.2) is 0 Å². The molecule has 0 spiro atoms. The van der Waals surface area contributed by atoms with Crippen molar-refractivity contribution in [3.63, 3.8) is 0 Å². The number of non-ortho nitro benzene ring substituents is 1. The molecule has 1 aromatic rings. The van der Waals surface area contributed by atoms with Crippen LogP contribution in [0.3, 0.4) is 0 Å². The summed E-state index contributed by atoms with van der Waals surface area (Å²) in [4.78, 5) is 23.2. The highest BCUT2D eigenvalue weighted by Crippen LogP contribution is 2.19. The molecule has 1 aliphatic rings. The fourth-order valence-corrected chi connectivity index (χ4v) is 2.25. The predicted octanol–water partition coefficient (Wildman–Crippen LogP) is 2.02. The molecule has 0 bridgehead atoms. The largest absolute Gasteiger partial charge is 0.382 e. The molecule has 1 aromatic carbocycles. The maximum Gasteiger partial charge on any atom is 0.269 e. The van der Waals surface area contributed by atoms with E-state index in [-0.39, 0.29) is 11.6 Å². The summed E-state index contributed by atoms with van der Waals surface area (Å²) in [5.41, 5.74) is 0.976. The third-order valence-corrected chi connectivity index (χ3v) is 3.39. The Kier molecular flexibility index (Phi) is 3.99. The molecular weight excluding hydrogens is 246 g/mol. The molecule has 19 heavy (non-hydrogen) atoms. The zero-order chi connectivity index (χ0) is 13.8. The van der Waals surface area contributed by atoms with Crippen LogP contribution in [0.4, 0.5) is 11.4 Å². The Bertz CT molecular complexity index is 465. The van der Waals surface area contributed by atoms with Crippen molar-refractivity contribution in [2.45, 2.75) is 25.8 Å². The van der Waals surface area contributed by atoms with E-state index in [1.165, 1.54) is 12.1 Å². The molecule has 2 rings (SSSR count). The molecule has 1 heterocycles. The number of piperidine rings is 1. The van der Waals surface area contributed by atoms with Crippen LogP contribution in [-0.2, 0) is 4.79 Å². The van der Waals surface area contributed by atoms with Gasteiger partial charge >= 0.3 is 0 Å². The number of carbonyl (C=O) groups excluding carboxylic acids is 1. The number of likely N-dealkylation sites (tertiary alicyclic amines) is 1. The molecule has 0 saturated carbocycles. The first kappa shape index (κ1) is 13.3. The third kappa shape index (κ3) is 3.43. The Balaban J connectivity index is 1.88. The second-order valence-electron chi connectivity index (χ2n) is 4.73. The van der Waals surface area contributed by atoms with Crippen molar-refractivity contribution in [2.24, 2.45) is 0 Å². The molecule has 1 amide bonds. The maximum absolute atomic E-state index is 11.2. The van der Waals surface area contributed by atoms with Gasteiger partial charge in [0, 0.05) is 43.9 Å². The number of carbonyl (C=O) groups is 1. The first-order chi connectivity index (χ1) is 9.06. The zero-order valence-electron chi connectivity index (χ0n) is 10.8. The number of hydrogen-bond acceptors (Lipinski definition) is 4. The van der Waals surface area contributed by atoms with E-state index in [9.17, 15) is 14.9 Å². The minimum absolute atomic E-state index is 0.0944. The molecule has 6 nitrogen and oxygen atoms in total. The van der Waals surface area contributed by atoms with Crippen LogP contribution < -0.4 is 5.32 Å². The average molecular weight is 263 g/mol. The standard InChI is InChI=1S/C13H17N3O3/c1-10(17)15-8-6-12(7-9-15)14-11-2-4-13(5-3-11)16(18)19/h2-5,12,14H,6-9H2,1H3.